The third-order valence-corrected chi connectivity index (χ3v) is 6.81. The first kappa shape index (κ1) is 25.6. The number of rotatable bonds is 11. The Hall–Kier alpha value is -3.45. The van der Waals surface area contributed by atoms with E-state index in [1.807, 2.05) is 6.92 Å². The average molecular weight is 496 g/mol. The van der Waals surface area contributed by atoms with Gasteiger partial charge in [-0.05, 0) is 85.7 Å². The van der Waals surface area contributed by atoms with Crippen LogP contribution in [0, 0.1) is 17.6 Å². The minimum absolute atomic E-state index is 0.0239. The molecule has 0 spiro atoms. The number of carbonyl (C=O) groups excluding carboxylic acids is 1. The minimum atomic E-state index is -0.410. The van der Waals surface area contributed by atoms with Gasteiger partial charge in [0.25, 0.3) is 0 Å². The predicted octanol–water partition coefficient (Wildman–Crippen LogP) is 6.11. The number of carbonyl (C=O) groups is 1. The van der Waals surface area contributed by atoms with Gasteiger partial charge in [-0.25, -0.2) is 8.78 Å². The van der Waals surface area contributed by atoms with Gasteiger partial charge in [-0.2, -0.15) is 0 Å². The molecule has 190 valence electrons. The molecule has 1 aliphatic heterocycles. The number of anilines is 1. The van der Waals surface area contributed by atoms with Gasteiger partial charge >= 0.3 is 0 Å². The Bertz CT molecular complexity index is 1170. The van der Waals surface area contributed by atoms with E-state index in [9.17, 15) is 18.7 Å². The largest absolute Gasteiger partial charge is 0.507 e. The van der Waals surface area contributed by atoms with E-state index in [1.54, 1.807) is 41.3 Å². The second-order valence-electron chi connectivity index (χ2n) is 9.27. The number of phenolic OH excluding ortho intramolecular Hbond substituents is 1. The average Bonchev–Trinajstić information content (AvgIpc) is 2.87. The number of aromatic hydroxyl groups is 1. The van der Waals surface area contributed by atoms with Crippen molar-refractivity contribution in [1.29, 1.82) is 0 Å². The maximum absolute atomic E-state index is 13.5. The van der Waals surface area contributed by atoms with Crippen LogP contribution >= 0.6 is 0 Å². The Morgan fingerprint density at radius 2 is 1.64 bits per heavy atom. The zero-order valence-corrected chi connectivity index (χ0v) is 20.2. The van der Waals surface area contributed by atoms with Gasteiger partial charge in [0.05, 0.1) is 18.6 Å². The summed E-state index contributed by atoms with van der Waals surface area (Å²) in [6.45, 7) is 2.57. The zero-order chi connectivity index (χ0) is 25.7. The summed E-state index contributed by atoms with van der Waals surface area (Å²) in [4.78, 5) is 14.9. The van der Waals surface area contributed by atoms with Crippen LogP contribution < -0.4 is 9.64 Å². The molecule has 1 heterocycles. The van der Waals surface area contributed by atoms with Crippen LogP contribution in [0.3, 0.4) is 0 Å². The van der Waals surface area contributed by atoms with Crippen LogP contribution in [0.5, 0.6) is 11.5 Å². The van der Waals surface area contributed by atoms with Crippen molar-refractivity contribution in [3.05, 3.63) is 89.5 Å². The third-order valence-electron chi connectivity index (χ3n) is 6.81. The smallest absolute Gasteiger partial charge is 0.233 e. The Morgan fingerprint density at radius 1 is 0.972 bits per heavy atom. The van der Waals surface area contributed by atoms with Crippen LogP contribution in [0.2, 0.25) is 0 Å². The first-order chi connectivity index (χ1) is 17.4. The van der Waals surface area contributed by atoms with E-state index in [-0.39, 0.29) is 35.9 Å². The molecule has 36 heavy (non-hydrogen) atoms. The van der Waals surface area contributed by atoms with Gasteiger partial charge in [-0.15, -0.1) is 0 Å². The van der Waals surface area contributed by atoms with Gasteiger partial charge in [-0.1, -0.05) is 19.1 Å². The van der Waals surface area contributed by atoms with Crippen molar-refractivity contribution < 1.29 is 28.5 Å². The number of hydrogen-bond acceptors (Lipinski definition) is 4. The predicted molar refractivity (Wildman–Crippen MR) is 134 cm³/mol. The lowest BCUT2D eigenvalue weighted by atomic mass is 9.77. The Morgan fingerprint density at radius 3 is 2.28 bits per heavy atom. The number of aliphatic hydroxyl groups excluding tert-OH is 1. The number of ether oxygens (including phenoxy) is 1. The molecule has 3 atom stereocenters. The summed E-state index contributed by atoms with van der Waals surface area (Å²) in [5.41, 5.74) is 2.17. The molecule has 5 nitrogen and oxygen atoms in total. The minimum Gasteiger partial charge on any atom is -0.507 e. The third kappa shape index (κ3) is 5.68. The highest BCUT2D eigenvalue weighted by Crippen LogP contribution is 2.49. The molecule has 0 radical (unpaired) electrons. The molecule has 1 saturated heterocycles. The fourth-order valence-corrected chi connectivity index (χ4v) is 4.73. The van der Waals surface area contributed by atoms with E-state index in [2.05, 4.69) is 0 Å². The van der Waals surface area contributed by atoms with E-state index >= 15 is 0 Å². The van der Waals surface area contributed by atoms with Crippen molar-refractivity contribution in [2.75, 3.05) is 18.1 Å². The van der Waals surface area contributed by atoms with Crippen LogP contribution in [0.4, 0.5) is 14.5 Å². The molecule has 4 rings (SSSR count). The number of benzene rings is 3. The highest BCUT2D eigenvalue weighted by molar-refractivity contribution is 6.03. The molecule has 3 aromatic carbocycles. The van der Waals surface area contributed by atoms with Crippen LogP contribution in [0.15, 0.2) is 66.7 Å². The highest BCUT2D eigenvalue weighted by atomic mass is 19.1. The van der Waals surface area contributed by atoms with Crippen LogP contribution in [0.1, 0.15) is 55.7 Å². The van der Waals surface area contributed by atoms with Crippen LogP contribution in [0.25, 0.3) is 0 Å². The van der Waals surface area contributed by atoms with E-state index in [0.29, 0.717) is 49.3 Å². The number of β-lactam (4-membered cyclic amide) rings is 1. The quantitative estimate of drug-likeness (QED) is 0.249. The maximum atomic E-state index is 13.5. The first-order valence-electron chi connectivity index (χ1n) is 12.3. The molecule has 7 heteroatoms. The summed E-state index contributed by atoms with van der Waals surface area (Å²) in [7, 11) is 0. The molecular weight excluding hydrogens is 464 g/mol. The van der Waals surface area contributed by atoms with Gasteiger partial charge in [0.15, 0.2) is 0 Å². The molecule has 0 aliphatic carbocycles. The first-order valence-corrected chi connectivity index (χ1v) is 12.3. The van der Waals surface area contributed by atoms with Gasteiger partial charge < -0.3 is 19.8 Å². The number of aliphatic hydroxyl groups is 1. The fraction of sp³-hybridized carbons (Fsp3) is 0.345. The summed E-state index contributed by atoms with van der Waals surface area (Å²) >= 11 is 0. The van der Waals surface area contributed by atoms with Gasteiger partial charge in [0.2, 0.25) is 5.91 Å². The number of halogens is 2. The van der Waals surface area contributed by atoms with E-state index in [4.69, 9.17) is 9.84 Å². The highest BCUT2D eigenvalue weighted by Gasteiger charge is 2.49. The summed E-state index contributed by atoms with van der Waals surface area (Å²) < 4.78 is 32.5. The zero-order valence-electron chi connectivity index (χ0n) is 20.2. The molecule has 0 saturated carbocycles. The van der Waals surface area contributed by atoms with Crippen molar-refractivity contribution in [2.45, 2.75) is 44.6 Å². The number of hydrogen-bond donors (Lipinski definition) is 2. The molecule has 1 aliphatic rings. The van der Waals surface area contributed by atoms with Crippen molar-refractivity contribution in [1.82, 2.24) is 0 Å². The van der Waals surface area contributed by atoms with Gasteiger partial charge in [-0.3, -0.25) is 4.79 Å². The van der Waals surface area contributed by atoms with E-state index in [1.165, 1.54) is 30.3 Å². The number of unbranched alkanes of at least 4 members (excludes halogenated alkanes) is 1. The topological polar surface area (TPSA) is 70.0 Å². The molecule has 1 amide bonds. The summed E-state index contributed by atoms with van der Waals surface area (Å²) in [5.74, 6) is -0.459. The van der Waals surface area contributed by atoms with Crippen molar-refractivity contribution in [3.8, 4) is 11.5 Å². The molecule has 0 unspecified atom stereocenters. The standard InChI is InChI=1S/C29H31F2NO4/c1-19(20-5-7-21(30)8-6-20)4-14-26-28(32(29(26)35)23-11-9-22(31)10-12-23)25-15-13-24(18-27(25)34)36-17-3-2-16-33/h5-13,15,18-19,26,28,33-34H,2-4,14,16-17H2,1H3/t19-,26+,28+/m0/s1. The Kier molecular flexibility index (Phi) is 8.21. The molecule has 0 aromatic heterocycles. The Balaban J connectivity index is 1.54. The number of nitrogens with zero attached hydrogens (tertiary/aromatic N) is 1. The van der Waals surface area contributed by atoms with Crippen LogP contribution in [-0.2, 0) is 4.79 Å². The molecule has 2 N–H and O–H groups in total. The van der Waals surface area contributed by atoms with Crippen molar-refractivity contribution in [2.24, 2.45) is 5.92 Å². The molecule has 3 aromatic rings. The molecular formula is C29H31F2NO4. The summed E-state index contributed by atoms with van der Waals surface area (Å²) in [6.07, 6.45) is 2.63. The monoisotopic (exact) mass is 495 g/mol. The van der Waals surface area contributed by atoms with E-state index < -0.39 is 11.9 Å². The second-order valence-corrected chi connectivity index (χ2v) is 9.27. The van der Waals surface area contributed by atoms with Crippen molar-refractivity contribution in [3.63, 3.8) is 0 Å². The van der Waals surface area contributed by atoms with Crippen molar-refractivity contribution >= 4 is 11.6 Å². The second kappa shape index (κ2) is 11.5. The lowest BCUT2D eigenvalue weighted by Gasteiger charge is -2.48. The lowest BCUT2D eigenvalue weighted by Crippen LogP contribution is -2.55. The van der Waals surface area contributed by atoms with Gasteiger partial charge in [0, 0.05) is 23.9 Å². The fourth-order valence-electron chi connectivity index (χ4n) is 4.73. The number of amides is 1. The summed E-state index contributed by atoms with van der Waals surface area (Å²) in [5, 5.41) is 19.8. The summed E-state index contributed by atoms with van der Waals surface area (Å²) in [6, 6.07) is 16.8. The maximum Gasteiger partial charge on any atom is 0.233 e. The Labute approximate surface area is 210 Å². The lowest BCUT2D eigenvalue weighted by molar-refractivity contribution is -0.130. The molecule has 1 fully saturated rings. The number of phenols is 1. The van der Waals surface area contributed by atoms with Gasteiger partial charge in [0.1, 0.15) is 23.1 Å². The van der Waals surface area contributed by atoms with Crippen LogP contribution in [-0.4, -0.2) is 29.3 Å². The molecule has 0 bridgehead atoms. The van der Waals surface area contributed by atoms with E-state index in [0.717, 1.165) is 5.56 Å². The normalized spacial score (nSPS) is 18.1. The SMILES string of the molecule is C[C@@H](CC[C@H]1C(=O)N(c2ccc(F)cc2)[C@@H]1c1ccc(OCCCCO)cc1O)c1ccc(F)cc1.